The van der Waals surface area contributed by atoms with Gasteiger partial charge in [-0.15, -0.1) is 0 Å². The van der Waals surface area contributed by atoms with E-state index in [0.717, 1.165) is 46.3 Å². The number of fused-ring (bicyclic) bond motifs is 2. The first-order valence-electron chi connectivity index (χ1n) is 9.60. The predicted octanol–water partition coefficient (Wildman–Crippen LogP) is 3.64. The van der Waals surface area contributed by atoms with Gasteiger partial charge < -0.3 is 14.9 Å². The summed E-state index contributed by atoms with van der Waals surface area (Å²) in [5.41, 5.74) is 5.71. The van der Waals surface area contributed by atoms with Gasteiger partial charge in [0.15, 0.2) is 0 Å². The number of imidazole rings is 1. The van der Waals surface area contributed by atoms with Crippen LogP contribution in [0.1, 0.15) is 46.0 Å². The molecule has 3 aromatic heterocycles. The highest BCUT2D eigenvalue weighted by Gasteiger charge is 2.36. The van der Waals surface area contributed by atoms with Gasteiger partial charge in [0.2, 0.25) is 0 Å². The predicted molar refractivity (Wildman–Crippen MR) is 107 cm³/mol. The number of carbonyl (C=O) groups is 1. The molecular weight excluding hydrogens is 350 g/mol. The molecule has 0 radical (unpaired) electrons. The van der Waals surface area contributed by atoms with Crippen LogP contribution in [0.4, 0.5) is 0 Å². The lowest BCUT2D eigenvalue weighted by Crippen LogP contribution is -2.41. The highest BCUT2D eigenvalue weighted by molar-refractivity contribution is 6.01. The Balaban J connectivity index is 1.63. The van der Waals surface area contributed by atoms with Crippen molar-refractivity contribution in [3.63, 3.8) is 0 Å². The summed E-state index contributed by atoms with van der Waals surface area (Å²) in [6.45, 7) is 2.72. The highest BCUT2D eigenvalue weighted by Crippen LogP contribution is 2.35. The van der Waals surface area contributed by atoms with Gasteiger partial charge in [0.05, 0.1) is 12.0 Å². The van der Waals surface area contributed by atoms with E-state index in [9.17, 15) is 4.79 Å². The minimum Gasteiger partial charge on any atom is -0.350 e. The molecule has 4 aromatic rings. The van der Waals surface area contributed by atoms with Crippen molar-refractivity contribution in [1.29, 1.82) is 0 Å². The second kappa shape index (κ2) is 6.64. The second-order valence-electron chi connectivity index (χ2n) is 7.08. The molecule has 6 heteroatoms. The average molecular weight is 371 g/mol. The number of pyridine rings is 1. The van der Waals surface area contributed by atoms with Crippen LogP contribution in [0.25, 0.3) is 10.9 Å². The molecule has 28 heavy (non-hydrogen) atoms. The van der Waals surface area contributed by atoms with Crippen molar-refractivity contribution in [1.82, 2.24) is 24.8 Å². The Kier molecular flexibility index (Phi) is 3.97. The molecule has 6 nitrogen and oxygen atoms in total. The Bertz CT molecular complexity index is 1140. The van der Waals surface area contributed by atoms with Gasteiger partial charge in [-0.25, -0.2) is 4.98 Å². The third-order valence-electron chi connectivity index (χ3n) is 5.57. The number of rotatable bonds is 3. The van der Waals surface area contributed by atoms with Crippen LogP contribution in [0.3, 0.4) is 0 Å². The third kappa shape index (κ3) is 2.52. The van der Waals surface area contributed by atoms with E-state index < -0.39 is 0 Å². The van der Waals surface area contributed by atoms with Gasteiger partial charge in [0.25, 0.3) is 5.91 Å². The van der Waals surface area contributed by atoms with E-state index >= 15 is 0 Å². The molecule has 1 aliphatic rings. The van der Waals surface area contributed by atoms with Crippen molar-refractivity contribution in [2.45, 2.75) is 25.8 Å². The number of aryl methyl sites for hydroxylation is 1. The van der Waals surface area contributed by atoms with Crippen molar-refractivity contribution in [3.8, 4) is 0 Å². The Labute approximate surface area is 162 Å². The molecule has 0 saturated carbocycles. The third-order valence-corrected chi connectivity index (χ3v) is 5.57. The van der Waals surface area contributed by atoms with Crippen molar-refractivity contribution in [2.24, 2.45) is 0 Å². The number of amides is 1. The number of aromatic nitrogens is 4. The molecule has 0 bridgehead atoms. The van der Waals surface area contributed by atoms with Crippen LogP contribution < -0.4 is 0 Å². The SMILES string of the molecule is CCc1c(C(=O)N2CCc3[nH]cnc3C2c2cccnc2)[nH]c2ccccc12. The monoisotopic (exact) mass is 371 g/mol. The summed E-state index contributed by atoms with van der Waals surface area (Å²) in [6.07, 6.45) is 6.84. The van der Waals surface area contributed by atoms with Gasteiger partial charge >= 0.3 is 0 Å². The van der Waals surface area contributed by atoms with Crippen molar-refractivity contribution < 1.29 is 4.79 Å². The Hall–Kier alpha value is -3.41. The van der Waals surface area contributed by atoms with Gasteiger partial charge in [-0.3, -0.25) is 9.78 Å². The van der Waals surface area contributed by atoms with E-state index in [1.54, 1.807) is 12.5 Å². The molecule has 2 N–H and O–H groups in total. The molecule has 0 spiro atoms. The van der Waals surface area contributed by atoms with Gasteiger partial charge in [-0.1, -0.05) is 31.2 Å². The first-order chi connectivity index (χ1) is 13.8. The number of aromatic amines is 2. The first-order valence-corrected chi connectivity index (χ1v) is 9.60. The maximum atomic E-state index is 13.7. The van der Waals surface area contributed by atoms with Gasteiger partial charge in [0, 0.05) is 42.0 Å². The van der Waals surface area contributed by atoms with Crippen LogP contribution in [0.15, 0.2) is 55.1 Å². The normalized spacial score (nSPS) is 16.3. The zero-order valence-electron chi connectivity index (χ0n) is 15.6. The van der Waals surface area contributed by atoms with E-state index in [1.165, 1.54) is 0 Å². The van der Waals surface area contributed by atoms with Gasteiger partial charge in [-0.2, -0.15) is 0 Å². The number of hydrogen-bond acceptors (Lipinski definition) is 3. The van der Waals surface area contributed by atoms with E-state index in [-0.39, 0.29) is 11.9 Å². The molecule has 0 aliphatic carbocycles. The van der Waals surface area contributed by atoms with Gasteiger partial charge in [-0.05, 0) is 29.7 Å². The quantitative estimate of drug-likeness (QED) is 0.577. The van der Waals surface area contributed by atoms with Crippen LogP contribution in [-0.4, -0.2) is 37.3 Å². The van der Waals surface area contributed by atoms with E-state index in [2.05, 4.69) is 32.9 Å². The maximum absolute atomic E-state index is 13.7. The lowest BCUT2D eigenvalue weighted by molar-refractivity contribution is 0.0684. The summed E-state index contributed by atoms with van der Waals surface area (Å²) in [4.78, 5) is 31.0. The van der Waals surface area contributed by atoms with Crippen molar-refractivity contribution in [2.75, 3.05) is 6.54 Å². The number of para-hydroxylation sites is 1. The number of hydrogen-bond donors (Lipinski definition) is 2. The molecule has 4 heterocycles. The molecule has 1 unspecified atom stereocenters. The van der Waals surface area contributed by atoms with Crippen LogP contribution in [0, 0.1) is 0 Å². The zero-order chi connectivity index (χ0) is 19.1. The smallest absolute Gasteiger partial charge is 0.271 e. The van der Waals surface area contributed by atoms with Gasteiger partial charge in [0.1, 0.15) is 11.7 Å². The summed E-state index contributed by atoms with van der Waals surface area (Å²) >= 11 is 0. The van der Waals surface area contributed by atoms with Crippen molar-refractivity contribution in [3.05, 3.63) is 83.3 Å². The minimum absolute atomic E-state index is 0.00977. The fourth-order valence-corrected chi connectivity index (χ4v) is 4.26. The molecule has 5 rings (SSSR count). The molecule has 1 amide bonds. The summed E-state index contributed by atoms with van der Waals surface area (Å²) < 4.78 is 0. The Morgan fingerprint density at radius 2 is 2.14 bits per heavy atom. The fourth-order valence-electron chi connectivity index (χ4n) is 4.26. The lowest BCUT2D eigenvalue weighted by Gasteiger charge is -2.35. The minimum atomic E-state index is -0.243. The topological polar surface area (TPSA) is 77.7 Å². The van der Waals surface area contributed by atoms with E-state index in [4.69, 9.17) is 0 Å². The molecule has 1 atom stereocenters. The standard InChI is InChI=1S/C22H21N5O/c1-2-15-16-7-3-4-8-17(16)26-19(15)22(28)27-11-9-18-20(25-13-24-18)21(27)14-6-5-10-23-12-14/h3-8,10,12-13,21,26H,2,9,11H2,1H3,(H,24,25). The fraction of sp³-hybridized carbons (Fsp3) is 0.227. The summed E-state index contributed by atoms with van der Waals surface area (Å²) in [7, 11) is 0. The molecule has 140 valence electrons. The molecule has 1 aliphatic heterocycles. The van der Waals surface area contributed by atoms with Crippen LogP contribution in [-0.2, 0) is 12.8 Å². The molecule has 1 aromatic carbocycles. The zero-order valence-corrected chi connectivity index (χ0v) is 15.6. The second-order valence-corrected chi connectivity index (χ2v) is 7.08. The number of H-pyrrole nitrogens is 2. The van der Waals surface area contributed by atoms with Crippen molar-refractivity contribution >= 4 is 16.8 Å². The summed E-state index contributed by atoms with van der Waals surface area (Å²) in [6, 6.07) is 11.8. The number of nitrogens with one attached hydrogen (secondary N) is 2. The molecule has 0 fully saturated rings. The Morgan fingerprint density at radius 3 is 2.96 bits per heavy atom. The average Bonchev–Trinajstić information content (AvgIpc) is 3.37. The number of carbonyl (C=O) groups excluding carboxylic acids is 1. The van der Waals surface area contributed by atoms with Crippen LogP contribution >= 0.6 is 0 Å². The Morgan fingerprint density at radius 1 is 1.25 bits per heavy atom. The summed E-state index contributed by atoms with van der Waals surface area (Å²) in [5.74, 6) is 0.00977. The van der Waals surface area contributed by atoms with E-state index in [1.807, 2.05) is 41.4 Å². The number of benzene rings is 1. The largest absolute Gasteiger partial charge is 0.350 e. The first kappa shape index (κ1) is 16.7. The maximum Gasteiger partial charge on any atom is 0.271 e. The number of nitrogens with zero attached hydrogens (tertiary/aromatic N) is 3. The lowest BCUT2D eigenvalue weighted by atomic mass is 9.96. The highest BCUT2D eigenvalue weighted by atomic mass is 16.2. The summed E-state index contributed by atoms with van der Waals surface area (Å²) in [5, 5.41) is 1.11. The van der Waals surface area contributed by atoms with E-state index in [0.29, 0.717) is 12.2 Å². The molecule has 0 saturated heterocycles. The van der Waals surface area contributed by atoms with Crippen LogP contribution in [0.2, 0.25) is 0 Å². The molecular formula is C22H21N5O. The van der Waals surface area contributed by atoms with Crippen LogP contribution in [0.5, 0.6) is 0 Å².